The predicted molar refractivity (Wildman–Crippen MR) is 91.9 cm³/mol. The van der Waals surface area contributed by atoms with Crippen molar-refractivity contribution in [2.24, 2.45) is 0 Å². The summed E-state index contributed by atoms with van der Waals surface area (Å²) >= 11 is 10.00. The highest BCUT2D eigenvalue weighted by Crippen LogP contribution is 2.37. The molecule has 0 amide bonds. The van der Waals surface area contributed by atoms with Crippen molar-refractivity contribution >= 4 is 49.5 Å². The SMILES string of the molecule is Clc1cc(-c2cccc(Br)c2)cc2oc3ccccc3c12. The van der Waals surface area contributed by atoms with Crippen molar-refractivity contribution in [1.82, 2.24) is 0 Å². The second kappa shape index (κ2) is 4.90. The van der Waals surface area contributed by atoms with Crippen molar-refractivity contribution in [3.8, 4) is 11.1 Å². The zero-order valence-corrected chi connectivity index (χ0v) is 13.3. The summed E-state index contributed by atoms with van der Waals surface area (Å²) < 4.78 is 6.97. The van der Waals surface area contributed by atoms with Crippen molar-refractivity contribution in [3.05, 3.63) is 70.2 Å². The average molecular weight is 358 g/mol. The van der Waals surface area contributed by atoms with E-state index >= 15 is 0 Å². The minimum Gasteiger partial charge on any atom is -0.456 e. The van der Waals surface area contributed by atoms with E-state index in [0.29, 0.717) is 5.02 Å². The van der Waals surface area contributed by atoms with Crippen LogP contribution in [0.2, 0.25) is 5.02 Å². The Bertz CT molecular complexity index is 971. The summed E-state index contributed by atoms with van der Waals surface area (Å²) in [5, 5.41) is 2.75. The summed E-state index contributed by atoms with van der Waals surface area (Å²) in [6.45, 7) is 0. The molecule has 0 fully saturated rings. The fourth-order valence-corrected chi connectivity index (χ4v) is 3.35. The third kappa shape index (κ3) is 2.15. The van der Waals surface area contributed by atoms with Gasteiger partial charge in [0.15, 0.2) is 0 Å². The minimum absolute atomic E-state index is 0.715. The second-order valence-corrected chi connectivity index (χ2v) is 6.26. The molecule has 0 bridgehead atoms. The lowest BCUT2D eigenvalue weighted by Gasteiger charge is -2.04. The number of fused-ring (bicyclic) bond motifs is 3. The first-order chi connectivity index (χ1) is 10.2. The molecule has 4 rings (SSSR count). The average Bonchev–Trinajstić information content (AvgIpc) is 2.86. The van der Waals surface area contributed by atoms with Crippen LogP contribution in [0.3, 0.4) is 0 Å². The van der Waals surface area contributed by atoms with Crippen LogP contribution in [0.5, 0.6) is 0 Å². The molecule has 0 unspecified atom stereocenters. The standard InChI is InChI=1S/C18H10BrClO/c19-13-5-3-4-11(8-13)12-9-15(20)18-14-6-1-2-7-16(14)21-17(18)10-12/h1-10H. The molecule has 3 heteroatoms. The zero-order chi connectivity index (χ0) is 14.4. The van der Waals surface area contributed by atoms with Gasteiger partial charge in [0.05, 0.1) is 5.02 Å². The molecule has 0 spiro atoms. The minimum atomic E-state index is 0.715. The number of halogens is 2. The van der Waals surface area contributed by atoms with Crippen LogP contribution in [0.4, 0.5) is 0 Å². The van der Waals surface area contributed by atoms with Gasteiger partial charge in [0, 0.05) is 15.2 Å². The Labute approximate surface area is 135 Å². The third-order valence-electron chi connectivity index (χ3n) is 3.59. The molecule has 0 radical (unpaired) electrons. The topological polar surface area (TPSA) is 13.1 Å². The highest BCUT2D eigenvalue weighted by molar-refractivity contribution is 9.10. The Hall–Kier alpha value is -1.77. The van der Waals surface area contributed by atoms with E-state index in [9.17, 15) is 0 Å². The molecule has 21 heavy (non-hydrogen) atoms. The van der Waals surface area contributed by atoms with Crippen molar-refractivity contribution in [3.63, 3.8) is 0 Å². The Kier molecular flexibility index (Phi) is 3.02. The van der Waals surface area contributed by atoms with Gasteiger partial charge in [-0.15, -0.1) is 0 Å². The van der Waals surface area contributed by atoms with Crippen molar-refractivity contribution in [2.75, 3.05) is 0 Å². The maximum atomic E-state index is 6.50. The molecule has 3 aromatic carbocycles. The number of furan rings is 1. The third-order valence-corrected chi connectivity index (χ3v) is 4.38. The smallest absolute Gasteiger partial charge is 0.137 e. The highest BCUT2D eigenvalue weighted by Gasteiger charge is 2.12. The Morgan fingerprint density at radius 1 is 0.810 bits per heavy atom. The van der Waals surface area contributed by atoms with Gasteiger partial charge in [-0.25, -0.2) is 0 Å². The van der Waals surface area contributed by atoms with Gasteiger partial charge in [-0.3, -0.25) is 0 Å². The molecule has 0 atom stereocenters. The van der Waals surface area contributed by atoms with Crippen LogP contribution in [-0.2, 0) is 0 Å². The monoisotopic (exact) mass is 356 g/mol. The largest absolute Gasteiger partial charge is 0.456 e. The molecular formula is C18H10BrClO. The summed E-state index contributed by atoms with van der Waals surface area (Å²) in [5.74, 6) is 0. The number of benzene rings is 3. The summed E-state index contributed by atoms with van der Waals surface area (Å²) in [7, 11) is 0. The molecule has 0 aliphatic rings. The van der Waals surface area contributed by atoms with Crippen molar-refractivity contribution in [2.45, 2.75) is 0 Å². The van der Waals surface area contributed by atoms with Gasteiger partial charge in [0.25, 0.3) is 0 Å². The molecule has 1 aromatic heterocycles. The van der Waals surface area contributed by atoms with Crippen molar-refractivity contribution in [1.29, 1.82) is 0 Å². The fourth-order valence-electron chi connectivity index (χ4n) is 2.64. The van der Waals surface area contributed by atoms with Crippen LogP contribution in [0.15, 0.2) is 69.6 Å². The van der Waals surface area contributed by atoms with Crippen LogP contribution in [0, 0.1) is 0 Å². The summed E-state index contributed by atoms with van der Waals surface area (Å²) in [6.07, 6.45) is 0. The first-order valence-electron chi connectivity index (χ1n) is 6.59. The van der Waals surface area contributed by atoms with E-state index in [1.807, 2.05) is 48.5 Å². The lowest BCUT2D eigenvalue weighted by Crippen LogP contribution is -1.79. The Balaban J connectivity index is 2.03. The van der Waals surface area contributed by atoms with Crippen LogP contribution >= 0.6 is 27.5 Å². The number of hydrogen-bond donors (Lipinski definition) is 0. The maximum Gasteiger partial charge on any atom is 0.137 e. The summed E-state index contributed by atoms with van der Waals surface area (Å²) in [4.78, 5) is 0. The van der Waals surface area contributed by atoms with Crippen LogP contribution in [-0.4, -0.2) is 0 Å². The van der Waals surface area contributed by atoms with Crippen LogP contribution < -0.4 is 0 Å². The van der Waals surface area contributed by atoms with Gasteiger partial charge in [-0.1, -0.05) is 57.9 Å². The van der Waals surface area contributed by atoms with Crippen LogP contribution in [0.1, 0.15) is 0 Å². The molecule has 0 aliphatic heterocycles. The van der Waals surface area contributed by atoms with E-state index in [0.717, 1.165) is 37.5 Å². The van der Waals surface area contributed by atoms with Gasteiger partial charge in [-0.2, -0.15) is 0 Å². The lowest BCUT2D eigenvalue weighted by molar-refractivity contribution is 0.669. The second-order valence-electron chi connectivity index (χ2n) is 4.94. The van der Waals surface area contributed by atoms with Gasteiger partial charge in [0.2, 0.25) is 0 Å². The first kappa shape index (κ1) is 12.9. The van der Waals surface area contributed by atoms with E-state index in [1.165, 1.54) is 0 Å². The maximum absolute atomic E-state index is 6.50. The molecule has 0 N–H and O–H groups in total. The van der Waals surface area contributed by atoms with Gasteiger partial charge >= 0.3 is 0 Å². The summed E-state index contributed by atoms with van der Waals surface area (Å²) in [5.41, 5.74) is 3.83. The highest BCUT2D eigenvalue weighted by atomic mass is 79.9. The van der Waals surface area contributed by atoms with E-state index < -0.39 is 0 Å². The molecule has 0 saturated carbocycles. The van der Waals surface area contributed by atoms with E-state index in [-0.39, 0.29) is 0 Å². The molecule has 4 aromatic rings. The molecule has 102 valence electrons. The van der Waals surface area contributed by atoms with Gasteiger partial charge in [0.1, 0.15) is 11.2 Å². The number of para-hydroxylation sites is 1. The quantitative estimate of drug-likeness (QED) is 0.371. The van der Waals surface area contributed by atoms with Gasteiger partial charge < -0.3 is 4.42 Å². The molecular weight excluding hydrogens is 348 g/mol. The van der Waals surface area contributed by atoms with E-state index in [1.54, 1.807) is 0 Å². The van der Waals surface area contributed by atoms with Crippen molar-refractivity contribution < 1.29 is 4.42 Å². The number of hydrogen-bond acceptors (Lipinski definition) is 1. The Morgan fingerprint density at radius 2 is 1.67 bits per heavy atom. The predicted octanol–water partition coefficient (Wildman–Crippen LogP) is 6.67. The van der Waals surface area contributed by atoms with Gasteiger partial charge in [-0.05, 0) is 41.5 Å². The van der Waals surface area contributed by atoms with E-state index in [2.05, 4.69) is 28.1 Å². The Morgan fingerprint density at radius 3 is 2.52 bits per heavy atom. The van der Waals surface area contributed by atoms with E-state index in [4.69, 9.17) is 16.0 Å². The molecule has 1 nitrogen and oxygen atoms in total. The lowest BCUT2D eigenvalue weighted by atomic mass is 10.0. The normalized spacial score (nSPS) is 11.3. The first-order valence-corrected chi connectivity index (χ1v) is 7.76. The summed E-state index contributed by atoms with van der Waals surface area (Å²) in [6, 6.07) is 20.1. The zero-order valence-electron chi connectivity index (χ0n) is 10.9. The molecule has 1 heterocycles. The van der Waals surface area contributed by atoms with Crippen LogP contribution in [0.25, 0.3) is 33.1 Å². The molecule has 0 saturated heterocycles. The molecule has 0 aliphatic carbocycles. The fraction of sp³-hybridized carbons (Fsp3) is 0. The number of rotatable bonds is 1.